The normalized spacial score (nSPS) is 21.4. The van der Waals surface area contributed by atoms with E-state index in [-0.39, 0.29) is 10.3 Å². The van der Waals surface area contributed by atoms with E-state index in [0.29, 0.717) is 12.5 Å². The molecule has 1 fully saturated rings. The van der Waals surface area contributed by atoms with Crippen LogP contribution in [0.5, 0.6) is 5.88 Å². The van der Waals surface area contributed by atoms with Gasteiger partial charge >= 0.3 is 6.03 Å². The Morgan fingerprint density at radius 2 is 1.94 bits per heavy atom. The van der Waals surface area contributed by atoms with Crippen molar-refractivity contribution in [2.24, 2.45) is 10.6 Å². The lowest BCUT2D eigenvalue weighted by molar-refractivity contribution is 0.144. The van der Waals surface area contributed by atoms with Crippen LogP contribution in [0.25, 0.3) is 0 Å². The SMILES string of the molecule is CS(N)(=O)(NC(=O)Nc1cc2c(c3c1CCC3)CCC2)c1cnn2c1OCC1(CC1)C2. The molecule has 0 radical (unpaired) electrons. The van der Waals surface area contributed by atoms with Crippen LogP contribution < -0.4 is 19.9 Å². The van der Waals surface area contributed by atoms with Gasteiger partial charge in [0, 0.05) is 26.8 Å². The number of ether oxygens (including phenoxy) is 1. The molecule has 166 valence electrons. The summed E-state index contributed by atoms with van der Waals surface area (Å²) in [5.74, 6) is 0.401. The predicted octanol–water partition coefficient (Wildman–Crippen LogP) is 2.45. The minimum atomic E-state index is -4.21. The van der Waals surface area contributed by atoms with E-state index in [0.717, 1.165) is 57.2 Å². The van der Waals surface area contributed by atoms with Crippen molar-refractivity contribution in [3.8, 4) is 5.88 Å². The summed E-state index contributed by atoms with van der Waals surface area (Å²) in [6.07, 6.45) is 11.5. The van der Waals surface area contributed by atoms with Crippen LogP contribution in [0.2, 0.25) is 0 Å². The zero-order chi connectivity index (χ0) is 21.5. The van der Waals surface area contributed by atoms with Crippen LogP contribution in [0.3, 0.4) is 0 Å². The lowest BCUT2D eigenvalue weighted by Crippen LogP contribution is -2.57. The smallest absolute Gasteiger partial charge is 0.330 e. The maximum absolute atomic E-state index is 13.8. The maximum atomic E-state index is 13.8. The highest BCUT2D eigenvalue weighted by Gasteiger charge is 2.49. The standard InChI is InChI=1S/C22H29N5O3S/c1-31(23,29,19-11-24-27-12-22(8-9-22)13-30-20(19)27)26-21(28)25-18-10-14-4-2-5-15(14)16-6-3-7-17(16)18/h10-11H,2-9,12-13H2,1H3,(H4,23,25,26,28,29). The molecule has 8 nitrogen and oxygen atoms in total. The first kappa shape index (κ1) is 19.3. The van der Waals surface area contributed by atoms with Crippen LogP contribution >= 0.6 is 0 Å². The summed E-state index contributed by atoms with van der Waals surface area (Å²) in [5, 5.41) is 13.6. The average molecular weight is 444 g/mol. The number of carbonyl (C=O) groups is 1. The van der Waals surface area contributed by atoms with Crippen molar-refractivity contribution in [2.75, 3.05) is 18.2 Å². The third-order valence-electron chi connectivity index (χ3n) is 7.34. The second kappa shape index (κ2) is 6.10. The molecule has 4 N–H and O–H groups in total. The summed E-state index contributed by atoms with van der Waals surface area (Å²) in [5.41, 5.74) is 6.40. The molecule has 2 heterocycles. The van der Waals surface area contributed by atoms with Gasteiger partial charge in [0.2, 0.25) is 5.88 Å². The Balaban J connectivity index is 1.26. The van der Waals surface area contributed by atoms with Gasteiger partial charge in [0.15, 0.2) is 0 Å². The fraction of sp³-hybridized carbons (Fsp3) is 0.545. The highest BCUT2D eigenvalue weighted by Crippen LogP contribution is 2.51. The van der Waals surface area contributed by atoms with Gasteiger partial charge in [0.25, 0.3) is 0 Å². The van der Waals surface area contributed by atoms with Crippen molar-refractivity contribution in [3.05, 3.63) is 34.5 Å². The third kappa shape index (κ3) is 3.09. The number of hydrogen-bond acceptors (Lipinski definition) is 4. The minimum Gasteiger partial charge on any atom is -0.476 e. The van der Waals surface area contributed by atoms with E-state index in [4.69, 9.17) is 9.88 Å². The summed E-state index contributed by atoms with van der Waals surface area (Å²) >= 11 is 0. The second-order valence-corrected chi connectivity index (χ2v) is 13.4. The van der Waals surface area contributed by atoms with Crippen LogP contribution in [-0.2, 0) is 41.7 Å². The Morgan fingerprint density at radius 3 is 2.74 bits per heavy atom. The fourth-order valence-corrected chi connectivity index (χ4v) is 7.01. The first-order chi connectivity index (χ1) is 14.7. The first-order valence-electron chi connectivity index (χ1n) is 11.1. The zero-order valence-corrected chi connectivity index (χ0v) is 18.6. The number of nitrogens with one attached hydrogen (secondary N) is 2. The predicted molar refractivity (Wildman–Crippen MR) is 119 cm³/mol. The van der Waals surface area contributed by atoms with Gasteiger partial charge in [-0.3, -0.25) is 9.86 Å². The largest absolute Gasteiger partial charge is 0.476 e. The van der Waals surface area contributed by atoms with E-state index >= 15 is 0 Å². The van der Waals surface area contributed by atoms with E-state index in [1.165, 1.54) is 41.1 Å². The van der Waals surface area contributed by atoms with Crippen molar-refractivity contribution in [1.29, 1.82) is 0 Å². The van der Waals surface area contributed by atoms with Gasteiger partial charge in [-0.15, -0.1) is 0 Å². The second-order valence-electron chi connectivity index (χ2n) is 9.95. The third-order valence-corrected chi connectivity index (χ3v) is 9.41. The number of nitrogens with zero attached hydrogens (tertiary/aromatic N) is 2. The number of aromatic nitrogens is 2. The monoisotopic (exact) mass is 443 g/mol. The van der Waals surface area contributed by atoms with Crippen LogP contribution in [0, 0.1) is 5.41 Å². The van der Waals surface area contributed by atoms with Crippen LogP contribution in [0.4, 0.5) is 10.5 Å². The van der Waals surface area contributed by atoms with E-state index < -0.39 is 15.5 Å². The quantitative estimate of drug-likeness (QED) is 0.676. The molecule has 0 saturated heterocycles. The lowest BCUT2D eigenvalue weighted by atomic mass is 9.98. The summed E-state index contributed by atoms with van der Waals surface area (Å²) in [6, 6.07) is 1.53. The van der Waals surface area contributed by atoms with Crippen molar-refractivity contribution in [2.45, 2.75) is 62.8 Å². The minimum absolute atomic E-state index is 0.161. The van der Waals surface area contributed by atoms with Gasteiger partial charge in [-0.05, 0) is 79.7 Å². The van der Waals surface area contributed by atoms with Crippen molar-refractivity contribution in [1.82, 2.24) is 14.5 Å². The molecule has 0 atom stereocenters. The van der Waals surface area contributed by atoms with Gasteiger partial charge in [0.05, 0.1) is 19.3 Å². The first-order valence-corrected chi connectivity index (χ1v) is 13.5. The molecular formula is C22H29N5O3S. The number of aryl methyl sites for hydroxylation is 1. The van der Waals surface area contributed by atoms with Crippen LogP contribution in [-0.4, -0.2) is 32.9 Å². The Bertz CT molecular complexity index is 1190. The highest BCUT2D eigenvalue weighted by molar-refractivity contribution is 8.16. The van der Waals surface area contributed by atoms with Crippen molar-refractivity contribution >= 4 is 21.2 Å². The Morgan fingerprint density at radius 1 is 1.19 bits per heavy atom. The number of anilines is 1. The number of benzene rings is 1. The van der Waals surface area contributed by atoms with Gasteiger partial charge in [-0.2, -0.15) is 5.10 Å². The van der Waals surface area contributed by atoms with E-state index in [2.05, 4.69) is 21.2 Å². The molecule has 6 rings (SSSR count). The number of rotatable bonds is 3. The number of urea groups is 1. The molecule has 1 aromatic carbocycles. The van der Waals surface area contributed by atoms with Gasteiger partial charge < -0.3 is 10.1 Å². The summed E-state index contributed by atoms with van der Waals surface area (Å²) in [7, 11) is -4.21. The molecule has 0 unspecified atom stereocenters. The molecule has 0 bridgehead atoms. The molecule has 1 aliphatic heterocycles. The highest BCUT2D eigenvalue weighted by atomic mass is 32.3. The topological polar surface area (TPSA) is 111 Å². The van der Waals surface area contributed by atoms with Crippen LogP contribution in [0.15, 0.2) is 17.2 Å². The van der Waals surface area contributed by atoms with E-state index in [1.807, 2.05) is 0 Å². The summed E-state index contributed by atoms with van der Waals surface area (Å²) in [4.78, 5) is 13.2. The average Bonchev–Trinajstić information content (AvgIpc) is 3.13. The lowest BCUT2D eigenvalue weighted by Gasteiger charge is -2.35. The fourth-order valence-electron chi connectivity index (χ4n) is 5.48. The number of amides is 2. The molecule has 1 saturated carbocycles. The maximum Gasteiger partial charge on any atom is 0.330 e. The summed E-state index contributed by atoms with van der Waals surface area (Å²) < 4.78 is 24.0. The van der Waals surface area contributed by atoms with Gasteiger partial charge in [-0.1, -0.05) is 0 Å². The molecule has 1 aromatic heterocycles. The molecule has 1 spiro atoms. The van der Waals surface area contributed by atoms with Crippen molar-refractivity contribution < 1.29 is 13.7 Å². The molecule has 31 heavy (non-hydrogen) atoms. The van der Waals surface area contributed by atoms with Crippen LogP contribution in [0.1, 0.15) is 47.9 Å². The number of carbonyl (C=O) groups excluding carboxylic acids is 1. The Kier molecular flexibility index (Phi) is 3.80. The number of fused-ring (bicyclic) bond motifs is 4. The van der Waals surface area contributed by atoms with E-state index in [9.17, 15) is 9.00 Å². The van der Waals surface area contributed by atoms with Gasteiger partial charge in [-0.25, -0.2) is 13.7 Å². The zero-order valence-electron chi connectivity index (χ0n) is 17.8. The Hall–Kier alpha value is -2.39. The summed E-state index contributed by atoms with van der Waals surface area (Å²) in [6.45, 7) is 1.31. The Labute approximate surface area is 181 Å². The molecule has 9 heteroatoms. The molecule has 2 amide bonds. The molecular weight excluding hydrogens is 414 g/mol. The van der Waals surface area contributed by atoms with Crippen molar-refractivity contribution in [3.63, 3.8) is 0 Å². The van der Waals surface area contributed by atoms with E-state index in [1.54, 1.807) is 4.68 Å². The molecule has 4 aliphatic rings. The molecule has 3 aliphatic carbocycles. The number of hydrogen-bond donors (Lipinski definition) is 3. The van der Waals surface area contributed by atoms with Gasteiger partial charge in [0.1, 0.15) is 4.90 Å². The number of nitrogens with two attached hydrogens (primary N) is 1. The molecule has 2 aromatic rings.